The molecule has 0 fully saturated rings. The number of hydrogen-bond donors (Lipinski definition) is 3. The van der Waals surface area contributed by atoms with E-state index in [1.165, 1.54) is 0 Å². The van der Waals surface area contributed by atoms with Gasteiger partial charge in [0, 0.05) is 6.61 Å². The molecular weight excluding hydrogens is 146 g/mol. The topological polar surface area (TPSA) is 83.5 Å². The zero-order valence-electron chi connectivity index (χ0n) is 6.87. The molecule has 11 heavy (non-hydrogen) atoms. The van der Waals surface area contributed by atoms with Gasteiger partial charge in [-0.25, -0.2) is 0 Å². The highest BCUT2D eigenvalue weighted by Gasteiger charge is 2.36. The fraction of sp³-hybridized carbons (Fsp3) is 0.857. The van der Waals surface area contributed by atoms with Gasteiger partial charge in [0.1, 0.15) is 5.54 Å². The van der Waals surface area contributed by atoms with E-state index in [1.54, 1.807) is 13.8 Å². The Morgan fingerprint density at radius 2 is 2.09 bits per heavy atom. The van der Waals surface area contributed by atoms with E-state index >= 15 is 0 Å². The molecule has 1 atom stereocenters. The Bertz CT molecular complexity index is 147. The monoisotopic (exact) mass is 161 g/mol. The third-order valence-electron chi connectivity index (χ3n) is 1.95. The zero-order valence-corrected chi connectivity index (χ0v) is 6.87. The van der Waals surface area contributed by atoms with Gasteiger partial charge in [0.2, 0.25) is 0 Å². The molecule has 1 unspecified atom stereocenters. The molecule has 0 saturated heterocycles. The van der Waals surface area contributed by atoms with Crippen molar-refractivity contribution >= 4 is 5.97 Å². The summed E-state index contributed by atoms with van der Waals surface area (Å²) >= 11 is 0. The standard InChI is InChI=1S/C7H15NO3/c1-5(2)7(8,3-4-9)6(10)11/h5,9H,3-4,8H2,1-2H3,(H,10,11). The van der Waals surface area contributed by atoms with Crippen molar-refractivity contribution < 1.29 is 15.0 Å². The molecule has 0 heterocycles. The minimum Gasteiger partial charge on any atom is -0.480 e. The van der Waals surface area contributed by atoms with Crippen LogP contribution in [-0.4, -0.2) is 28.3 Å². The summed E-state index contributed by atoms with van der Waals surface area (Å²) in [6.07, 6.45) is 0.0972. The minimum absolute atomic E-state index is 0.0972. The first-order chi connectivity index (χ1) is 4.95. The fourth-order valence-corrected chi connectivity index (χ4v) is 0.828. The summed E-state index contributed by atoms with van der Waals surface area (Å²) in [6.45, 7) is 3.26. The Balaban J connectivity index is 4.38. The largest absolute Gasteiger partial charge is 0.480 e. The van der Waals surface area contributed by atoms with E-state index in [4.69, 9.17) is 15.9 Å². The molecule has 0 radical (unpaired) electrons. The SMILES string of the molecule is CC(C)C(N)(CCO)C(=O)O. The van der Waals surface area contributed by atoms with E-state index in [9.17, 15) is 4.79 Å². The summed E-state index contributed by atoms with van der Waals surface area (Å²) < 4.78 is 0. The number of aliphatic hydroxyl groups is 1. The molecule has 4 heteroatoms. The van der Waals surface area contributed by atoms with Crippen LogP contribution in [0.4, 0.5) is 0 Å². The molecule has 0 aliphatic heterocycles. The summed E-state index contributed by atoms with van der Waals surface area (Å²) in [5, 5.41) is 17.3. The minimum atomic E-state index is -1.28. The average Bonchev–Trinajstić information content (AvgIpc) is 1.87. The second-order valence-electron chi connectivity index (χ2n) is 2.97. The predicted molar refractivity (Wildman–Crippen MR) is 41.1 cm³/mol. The van der Waals surface area contributed by atoms with Gasteiger partial charge < -0.3 is 15.9 Å². The normalized spacial score (nSPS) is 16.5. The molecule has 0 aliphatic carbocycles. The van der Waals surface area contributed by atoms with Crippen molar-refractivity contribution in [3.63, 3.8) is 0 Å². The molecule has 4 nitrogen and oxygen atoms in total. The van der Waals surface area contributed by atoms with Crippen molar-refractivity contribution in [3.05, 3.63) is 0 Å². The number of carbonyl (C=O) groups is 1. The van der Waals surface area contributed by atoms with Crippen LogP contribution in [0.1, 0.15) is 20.3 Å². The molecule has 0 spiro atoms. The highest BCUT2D eigenvalue weighted by molar-refractivity contribution is 5.78. The van der Waals surface area contributed by atoms with Gasteiger partial charge in [0.25, 0.3) is 0 Å². The highest BCUT2D eigenvalue weighted by Crippen LogP contribution is 2.17. The van der Waals surface area contributed by atoms with E-state index in [-0.39, 0.29) is 18.9 Å². The first-order valence-corrected chi connectivity index (χ1v) is 3.58. The Labute approximate surface area is 66.0 Å². The zero-order chi connectivity index (χ0) is 9.07. The van der Waals surface area contributed by atoms with Gasteiger partial charge in [-0.2, -0.15) is 0 Å². The summed E-state index contributed by atoms with van der Waals surface area (Å²) in [4.78, 5) is 10.6. The Morgan fingerprint density at radius 3 is 2.18 bits per heavy atom. The number of rotatable bonds is 4. The van der Waals surface area contributed by atoms with Crippen molar-refractivity contribution in [2.75, 3.05) is 6.61 Å². The lowest BCUT2D eigenvalue weighted by Crippen LogP contribution is -2.53. The molecule has 0 aliphatic rings. The lowest BCUT2D eigenvalue weighted by Gasteiger charge is -2.27. The number of nitrogens with two attached hydrogens (primary N) is 1. The van der Waals surface area contributed by atoms with E-state index < -0.39 is 11.5 Å². The molecule has 0 amide bonds. The summed E-state index contributed by atoms with van der Waals surface area (Å²) in [5.41, 5.74) is 4.25. The van der Waals surface area contributed by atoms with Crippen LogP contribution < -0.4 is 5.73 Å². The Morgan fingerprint density at radius 1 is 1.64 bits per heavy atom. The average molecular weight is 161 g/mol. The van der Waals surface area contributed by atoms with Crippen molar-refractivity contribution in [1.82, 2.24) is 0 Å². The summed E-state index contributed by atoms with van der Waals surface area (Å²) in [7, 11) is 0. The second kappa shape index (κ2) is 3.69. The van der Waals surface area contributed by atoms with Crippen LogP contribution >= 0.6 is 0 Å². The van der Waals surface area contributed by atoms with Gasteiger partial charge in [-0.15, -0.1) is 0 Å². The molecule has 0 aromatic heterocycles. The predicted octanol–water partition coefficient (Wildman–Crippen LogP) is -0.193. The number of carboxylic acids is 1. The van der Waals surface area contributed by atoms with Crippen LogP contribution in [0.15, 0.2) is 0 Å². The highest BCUT2D eigenvalue weighted by atomic mass is 16.4. The molecule has 0 aromatic rings. The van der Waals surface area contributed by atoms with Gasteiger partial charge >= 0.3 is 5.97 Å². The maximum Gasteiger partial charge on any atom is 0.324 e. The van der Waals surface area contributed by atoms with Gasteiger partial charge in [-0.3, -0.25) is 4.79 Å². The quantitative estimate of drug-likeness (QED) is 0.533. The molecule has 0 bridgehead atoms. The van der Waals surface area contributed by atoms with Crippen LogP contribution in [0.3, 0.4) is 0 Å². The molecule has 0 rings (SSSR count). The Hall–Kier alpha value is -0.610. The van der Waals surface area contributed by atoms with Crippen LogP contribution in [0, 0.1) is 5.92 Å². The molecular formula is C7H15NO3. The lowest BCUT2D eigenvalue weighted by atomic mass is 9.85. The van der Waals surface area contributed by atoms with Gasteiger partial charge in [-0.1, -0.05) is 13.8 Å². The Kier molecular flexibility index (Phi) is 3.48. The summed E-state index contributed by atoms with van der Waals surface area (Å²) in [5.74, 6) is -1.23. The van der Waals surface area contributed by atoms with E-state index in [0.29, 0.717) is 0 Å². The fourth-order valence-electron chi connectivity index (χ4n) is 0.828. The number of aliphatic hydroxyl groups excluding tert-OH is 1. The first kappa shape index (κ1) is 10.4. The lowest BCUT2D eigenvalue weighted by molar-refractivity contribution is -0.145. The van der Waals surface area contributed by atoms with E-state index in [1.807, 2.05) is 0 Å². The van der Waals surface area contributed by atoms with Crippen LogP contribution in [-0.2, 0) is 4.79 Å². The first-order valence-electron chi connectivity index (χ1n) is 3.58. The second-order valence-corrected chi connectivity index (χ2v) is 2.97. The third kappa shape index (κ3) is 2.17. The van der Waals surface area contributed by atoms with Crippen molar-refractivity contribution in [2.24, 2.45) is 11.7 Å². The van der Waals surface area contributed by atoms with Crippen LogP contribution in [0.5, 0.6) is 0 Å². The summed E-state index contributed by atoms with van der Waals surface area (Å²) in [6, 6.07) is 0. The molecule has 0 aromatic carbocycles. The number of aliphatic carboxylic acids is 1. The van der Waals surface area contributed by atoms with E-state index in [0.717, 1.165) is 0 Å². The van der Waals surface area contributed by atoms with Crippen LogP contribution in [0.2, 0.25) is 0 Å². The van der Waals surface area contributed by atoms with Crippen LogP contribution in [0.25, 0.3) is 0 Å². The smallest absolute Gasteiger partial charge is 0.324 e. The number of hydrogen-bond acceptors (Lipinski definition) is 3. The molecule has 0 saturated carbocycles. The molecule has 66 valence electrons. The van der Waals surface area contributed by atoms with Crippen molar-refractivity contribution in [2.45, 2.75) is 25.8 Å². The molecule has 4 N–H and O–H groups in total. The van der Waals surface area contributed by atoms with Gasteiger partial charge in [0.05, 0.1) is 0 Å². The maximum absolute atomic E-state index is 10.6. The van der Waals surface area contributed by atoms with Gasteiger partial charge in [-0.05, 0) is 12.3 Å². The van der Waals surface area contributed by atoms with E-state index in [2.05, 4.69) is 0 Å². The third-order valence-corrected chi connectivity index (χ3v) is 1.95. The van der Waals surface area contributed by atoms with Crippen molar-refractivity contribution in [1.29, 1.82) is 0 Å². The van der Waals surface area contributed by atoms with Crippen molar-refractivity contribution in [3.8, 4) is 0 Å². The van der Waals surface area contributed by atoms with Gasteiger partial charge in [0.15, 0.2) is 0 Å². The maximum atomic E-state index is 10.6. The number of carboxylic acid groups (broad SMARTS) is 1.